The van der Waals surface area contributed by atoms with Crippen LogP contribution in [0.2, 0.25) is 0 Å². The van der Waals surface area contributed by atoms with Gasteiger partial charge in [-0.1, -0.05) is 0 Å². The molecule has 0 aliphatic carbocycles. The summed E-state index contributed by atoms with van der Waals surface area (Å²) in [6, 6.07) is 7.15. The minimum atomic E-state index is -0.0884. The highest BCUT2D eigenvalue weighted by atomic mass is 32.1. The average molecular weight is 523 g/mol. The number of aryl methyl sites for hydroxylation is 2. The van der Waals surface area contributed by atoms with Crippen LogP contribution in [0.15, 0.2) is 41.5 Å². The summed E-state index contributed by atoms with van der Waals surface area (Å²) < 4.78 is 5.55. The number of anilines is 1. The van der Waals surface area contributed by atoms with Crippen molar-refractivity contribution in [2.45, 2.75) is 65.6 Å². The van der Waals surface area contributed by atoms with E-state index in [9.17, 15) is 4.79 Å². The van der Waals surface area contributed by atoms with E-state index in [0.29, 0.717) is 36.7 Å². The predicted molar refractivity (Wildman–Crippen MR) is 148 cm³/mol. The molecular formula is C28H38N6O2S. The zero-order chi connectivity index (χ0) is 26.2. The summed E-state index contributed by atoms with van der Waals surface area (Å²) in [5, 5.41) is 7.43. The third kappa shape index (κ3) is 7.05. The lowest BCUT2D eigenvalue weighted by atomic mass is 9.99. The largest absolute Gasteiger partial charge is 0.478 e. The topological polar surface area (TPSA) is 83.5 Å². The summed E-state index contributed by atoms with van der Waals surface area (Å²) >= 11 is 1.74. The van der Waals surface area contributed by atoms with Crippen LogP contribution < -0.4 is 15.0 Å². The molecule has 4 rings (SSSR count). The molecular weight excluding hydrogens is 484 g/mol. The molecule has 0 radical (unpaired) electrons. The number of carbonyl (C=O) groups excluding carboxylic acids is 1. The number of likely N-dealkylation sites (tertiary alicyclic amines) is 1. The fourth-order valence-electron chi connectivity index (χ4n) is 5.01. The molecule has 1 atom stereocenters. The van der Waals surface area contributed by atoms with Gasteiger partial charge in [0, 0.05) is 44.3 Å². The van der Waals surface area contributed by atoms with Crippen LogP contribution in [-0.2, 0) is 6.54 Å². The van der Waals surface area contributed by atoms with Crippen molar-refractivity contribution in [2.75, 3.05) is 31.1 Å². The van der Waals surface area contributed by atoms with Gasteiger partial charge in [-0.15, -0.1) is 0 Å². The first-order chi connectivity index (χ1) is 18.0. The molecule has 3 aromatic rings. The molecule has 0 bridgehead atoms. The number of ether oxygens (including phenoxy) is 1. The van der Waals surface area contributed by atoms with Gasteiger partial charge in [0.15, 0.2) is 0 Å². The van der Waals surface area contributed by atoms with Gasteiger partial charge >= 0.3 is 0 Å². The number of piperidine rings is 1. The normalized spacial score (nSPS) is 15.4. The molecule has 3 aromatic heterocycles. The second-order valence-electron chi connectivity index (χ2n) is 9.63. The number of hydrogen-bond donors (Lipinski definition) is 1. The van der Waals surface area contributed by atoms with Crippen LogP contribution in [0.25, 0.3) is 0 Å². The second-order valence-corrected chi connectivity index (χ2v) is 10.4. The van der Waals surface area contributed by atoms with E-state index in [-0.39, 0.29) is 5.91 Å². The Labute approximate surface area is 224 Å². The number of nitrogens with one attached hydrogen (secondary N) is 1. The zero-order valence-corrected chi connectivity index (χ0v) is 23.1. The van der Waals surface area contributed by atoms with Gasteiger partial charge in [-0.3, -0.25) is 4.79 Å². The Kier molecular flexibility index (Phi) is 9.46. The Balaban J connectivity index is 1.31. The van der Waals surface area contributed by atoms with Gasteiger partial charge in [0.25, 0.3) is 5.91 Å². The number of amides is 1. The Bertz CT molecular complexity index is 1110. The van der Waals surface area contributed by atoms with Crippen LogP contribution >= 0.6 is 11.3 Å². The third-order valence-corrected chi connectivity index (χ3v) is 7.87. The summed E-state index contributed by atoms with van der Waals surface area (Å²) in [4.78, 5) is 30.6. The summed E-state index contributed by atoms with van der Waals surface area (Å²) in [6.45, 7) is 12.1. The molecule has 0 aromatic carbocycles. The molecule has 0 unspecified atom stereocenters. The SMILES string of the molecule is CCOc1ccc(N(Cc2ccsc2)C2CCN([C@H](C)CCNC(=O)c3c(C)ncnc3C)CC2)cn1. The maximum atomic E-state index is 12.7. The molecule has 4 heterocycles. The van der Waals surface area contributed by atoms with Gasteiger partial charge < -0.3 is 19.9 Å². The smallest absolute Gasteiger partial charge is 0.254 e. The van der Waals surface area contributed by atoms with Crippen molar-refractivity contribution in [3.63, 3.8) is 0 Å². The van der Waals surface area contributed by atoms with E-state index in [1.807, 2.05) is 33.0 Å². The number of aromatic nitrogens is 3. The maximum Gasteiger partial charge on any atom is 0.254 e. The molecule has 0 saturated carbocycles. The molecule has 9 heteroatoms. The van der Waals surface area contributed by atoms with Crippen LogP contribution in [0.4, 0.5) is 5.69 Å². The fourth-order valence-corrected chi connectivity index (χ4v) is 5.67. The van der Waals surface area contributed by atoms with Crippen LogP contribution in [0.5, 0.6) is 5.88 Å². The number of pyridine rings is 1. The highest BCUT2D eigenvalue weighted by Gasteiger charge is 2.27. The van der Waals surface area contributed by atoms with Crippen molar-refractivity contribution in [3.8, 4) is 5.88 Å². The molecule has 8 nitrogen and oxygen atoms in total. The number of nitrogens with zero attached hydrogens (tertiary/aromatic N) is 5. The van der Waals surface area contributed by atoms with Crippen molar-refractivity contribution in [2.24, 2.45) is 0 Å². The standard InChI is InChI=1S/C28H38N6O2S/c1-5-36-26-7-6-25(16-30-26)34(17-23-11-15-37-18-23)24-9-13-33(14-10-24)20(2)8-12-29-28(35)27-21(3)31-19-32-22(27)4/h6-7,11,15-16,18-20,24H,5,8-10,12-14,17H2,1-4H3,(H,29,35)/t20-/m1/s1. The average Bonchev–Trinajstić information content (AvgIpc) is 3.41. The lowest BCUT2D eigenvalue weighted by Gasteiger charge is -2.41. The van der Waals surface area contributed by atoms with Gasteiger partial charge in [-0.2, -0.15) is 11.3 Å². The van der Waals surface area contributed by atoms with Crippen molar-refractivity contribution in [3.05, 3.63) is 64.0 Å². The first-order valence-electron chi connectivity index (χ1n) is 13.1. The van der Waals surface area contributed by atoms with E-state index < -0.39 is 0 Å². The minimum absolute atomic E-state index is 0.0884. The van der Waals surface area contributed by atoms with Crippen LogP contribution in [0.1, 0.15) is 60.4 Å². The second kappa shape index (κ2) is 13.0. The van der Waals surface area contributed by atoms with E-state index in [4.69, 9.17) is 4.74 Å². The van der Waals surface area contributed by atoms with E-state index in [2.05, 4.69) is 59.9 Å². The van der Waals surface area contributed by atoms with E-state index in [1.54, 1.807) is 11.3 Å². The molecule has 37 heavy (non-hydrogen) atoms. The number of hydrogen-bond acceptors (Lipinski definition) is 8. The molecule has 1 fully saturated rings. The molecule has 1 N–H and O–H groups in total. The first kappa shape index (κ1) is 27.0. The third-order valence-electron chi connectivity index (χ3n) is 7.14. The predicted octanol–water partition coefficient (Wildman–Crippen LogP) is 4.63. The summed E-state index contributed by atoms with van der Waals surface area (Å²) in [6.07, 6.45) is 6.53. The highest BCUT2D eigenvalue weighted by Crippen LogP contribution is 2.28. The molecule has 0 spiro atoms. The molecule has 198 valence electrons. The van der Waals surface area contributed by atoms with Gasteiger partial charge in [-0.05, 0) is 75.4 Å². The monoisotopic (exact) mass is 522 g/mol. The Morgan fingerprint density at radius 2 is 1.95 bits per heavy atom. The highest BCUT2D eigenvalue weighted by molar-refractivity contribution is 7.07. The summed E-state index contributed by atoms with van der Waals surface area (Å²) in [5.74, 6) is 0.581. The zero-order valence-electron chi connectivity index (χ0n) is 22.3. The lowest BCUT2D eigenvalue weighted by molar-refractivity contribution is 0.0943. The molecule has 1 aliphatic rings. The van der Waals surface area contributed by atoms with Crippen LogP contribution in [0, 0.1) is 13.8 Å². The molecule has 1 amide bonds. The maximum absolute atomic E-state index is 12.7. The van der Waals surface area contributed by atoms with Crippen molar-refractivity contribution >= 4 is 22.9 Å². The van der Waals surface area contributed by atoms with E-state index in [0.717, 1.165) is 56.0 Å². The van der Waals surface area contributed by atoms with Crippen molar-refractivity contribution < 1.29 is 9.53 Å². The summed E-state index contributed by atoms with van der Waals surface area (Å²) in [5.41, 5.74) is 4.49. The lowest BCUT2D eigenvalue weighted by Crippen LogP contribution is -2.48. The van der Waals surface area contributed by atoms with E-state index in [1.165, 1.54) is 11.9 Å². The molecule has 1 saturated heterocycles. The van der Waals surface area contributed by atoms with Gasteiger partial charge in [0.05, 0.1) is 35.4 Å². The van der Waals surface area contributed by atoms with Gasteiger partial charge in [0.1, 0.15) is 6.33 Å². The number of thiophene rings is 1. The van der Waals surface area contributed by atoms with Gasteiger partial charge in [0.2, 0.25) is 5.88 Å². The molecule has 1 aliphatic heterocycles. The fraction of sp³-hybridized carbons (Fsp3) is 0.500. The van der Waals surface area contributed by atoms with E-state index >= 15 is 0 Å². The number of rotatable bonds is 11. The minimum Gasteiger partial charge on any atom is -0.478 e. The first-order valence-corrected chi connectivity index (χ1v) is 14.1. The summed E-state index contributed by atoms with van der Waals surface area (Å²) in [7, 11) is 0. The van der Waals surface area contributed by atoms with Crippen LogP contribution in [-0.4, -0.2) is 64.1 Å². The van der Waals surface area contributed by atoms with Gasteiger partial charge in [-0.25, -0.2) is 15.0 Å². The Morgan fingerprint density at radius 1 is 1.19 bits per heavy atom. The van der Waals surface area contributed by atoms with Crippen molar-refractivity contribution in [1.82, 2.24) is 25.2 Å². The number of carbonyl (C=O) groups is 1. The quantitative estimate of drug-likeness (QED) is 0.393. The van der Waals surface area contributed by atoms with Crippen molar-refractivity contribution in [1.29, 1.82) is 0 Å². The Hall–Kier alpha value is -3.04. The van der Waals surface area contributed by atoms with Crippen LogP contribution in [0.3, 0.4) is 0 Å². The Morgan fingerprint density at radius 3 is 2.57 bits per heavy atom.